The van der Waals surface area contributed by atoms with Crippen molar-refractivity contribution in [2.75, 3.05) is 19.0 Å². The molecule has 2 N–H and O–H groups in total. The number of carboxylic acid groups (broad SMARTS) is 1. The Morgan fingerprint density at radius 3 is 2.46 bits per heavy atom. The normalized spacial score (nSPS) is 10.3. The lowest BCUT2D eigenvalue weighted by molar-refractivity contribution is -0.136. The minimum Gasteiger partial charge on any atom is -0.493 e. The van der Waals surface area contributed by atoms with Gasteiger partial charge < -0.3 is 19.9 Å². The highest BCUT2D eigenvalue weighted by molar-refractivity contribution is 6.32. The second-order valence-electron chi connectivity index (χ2n) is 5.56. The summed E-state index contributed by atoms with van der Waals surface area (Å²) in [6.07, 6.45) is 0.750. The minimum absolute atomic E-state index is 0.0692. The van der Waals surface area contributed by atoms with Crippen LogP contribution < -0.4 is 14.8 Å². The number of halogens is 1. The molecular weight excluding hydrogens is 358 g/mol. The van der Waals surface area contributed by atoms with E-state index in [1.165, 1.54) is 13.2 Å². The Morgan fingerprint density at radius 1 is 1.19 bits per heavy atom. The van der Waals surface area contributed by atoms with Gasteiger partial charge in [-0.1, -0.05) is 30.7 Å². The molecule has 0 aliphatic carbocycles. The van der Waals surface area contributed by atoms with E-state index in [-0.39, 0.29) is 12.3 Å². The lowest BCUT2D eigenvalue weighted by atomic mass is 10.1. The van der Waals surface area contributed by atoms with Crippen LogP contribution in [0.4, 0.5) is 5.69 Å². The van der Waals surface area contributed by atoms with E-state index in [4.69, 9.17) is 26.2 Å². The van der Waals surface area contributed by atoms with Gasteiger partial charge in [0, 0.05) is 11.3 Å². The molecule has 0 saturated heterocycles. The van der Waals surface area contributed by atoms with Gasteiger partial charge >= 0.3 is 5.97 Å². The van der Waals surface area contributed by atoms with Gasteiger partial charge in [-0.2, -0.15) is 0 Å². The molecular formula is C19H20ClNO5. The first kappa shape index (κ1) is 19.6. The van der Waals surface area contributed by atoms with Crippen LogP contribution in [0.5, 0.6) is 11.5 Å². The van der Waals surface area contributed by atoms with Gasteiger partial charge in [-0.25, -0.2) is 0 Å². The molecule has 0 heterocycles. The first-order valence-corrected chi connectivity index (χ1v) is 8.44. The molecule has 0 saturated carbocycles. The lowest BCUT2D eigenvalue weighted by Crippen LogP contribution is -2.12. The highest BCUT2D eigenvalue weighted by Crippen LogP contribution is 2.36. The van der Waals surface area contributed by atoms with E-state index in [0.29, 0.717) is 39.9 Å². The van der Waals surface area contributed by atoms with E-state index in [0.717, 1.165) is 6.42 Å². The molecule has 2 aromatic carbocycles. The summed E-state index contributed by atoms with van der Waals surface area (Å²) in [4.78, 5) is 23.2. The molecule has 2 aromatic rings. The molecule has 0 aliphatic rings. The highest BCUT2D eigenvalue weighted by atomic mass is 35.5. The van der Waals surface area contributed by atoms with Crippen molar-refractivity contribution in [3.8, 4) is 11.5 Å². The van der Waals surface area contributed by atoms with Crippen molar-refractivity contribution in [1.29, 1.82) is 0 Å². The van der Waals surface area contributed by atoms with Crippen molar-refractivity contribution in [2.45, 2.75) is 19.8 Å². The number of amides is 1. The molecule has 0 aliphatic heterocycles. The largest absolute Gasteiger partial charge is 0.493 e. The standard InChI is InChI=1S/C19H20ClNO5/c1-3-8-26-18-15(20)10-13(11-16(18)25-2)19(24)21-14-6-4-12(5-7-14)9-17(22)23/h4-7,10-11H,3,8-9H2,1-2H3,(H,21,24)(H,22,23). The number of methoxy groups -OCH3 is 1. The summed E-state index contributed by atoms with van der Waals surface area (Å²) in [6.45, 7) is 2.47. The van der Waals surface area contributed by atoms with Crippen molar-refractivity contribution in [2.24, 2.45) is 0 Å². The minimum atomic E-state index is -0.908. The monoisotopic (exact) mass is 377 g/mol. The van der Waals surface area contributed by atoms with Gasteiger partial charge in [-0.05, 0) is 36.2 Å². The van der Waals surface area contributed by atoms with Gasteiger partial charge in [-0.15, -0.1) is 0 Å². The van der Waals surface area contributed by atoms with Gasteiger partial charge in [0.05, 0.1) is 25.2 Å². The molecule has 0 fully saturated rings. The Morgan fingerprint density at radius 2 is 1.88 bits per heavy atom. The zero-order valence-electron chi connectivity index (χ0n) is 14.5. The zero-order valence-corrected chi connectivity index (χ0v) is 15.3. The maximum Gasteiger partial charge on any atom is 0.307 e. The van der Waals surface area contributed by atoms with Crippen molar-refractivity contribution in [3.05, 3.63) is 52.5 Å². The van der Waals surface area contributed by atoms with E-state index < -0.39 is 5.97 Å². The van der Waals surface area contributed by atoms with Gasteiger partial charge in [0.25, 0.3) is 5.91 Å². The van der Waals surface area contributed by atoms with Crippen LogP contribution >= 0.6 is 11.6 Å². The maximum absolute atomic E-state index is 12.5. The summed E-state index contributed by atoms with van der Waals surface area (Å²) in [5, 5.41) is 11.8. The van der Waals surface area contributed by atoms with Crippen molar-refractivity contribution >= 4 is 29.2 Å². The van der Waals surface area contributed by atoms with Gasteiger partial charge in [0.2, 0.25) is 0 Å². The first-order chi connectivity index (χ1) is 12.4. The van der Waals surface area contributed by atoms with Gasteiger partial charge in [-0.3, -0.25) is 9.59 Å². The van der Waals surface area contributed by atoms with Gasteiger partial charge in [0.15, 0.2) is 11.5 Å². The van der Waals surface area contributed by atoms with Crippen molar-refractivity contribution in [3.63, 3.8) is 0 Å². The summed E-state index contributed by atoms with van der Waals surface area (Å²) in [7, 11) is 1.48. The number of anilines is 1. The third kappa shape index (κ3) is 5.13. The molecule has 0 spiro atoms. The zero-order chi connectivity index (χ0) is 19.1. The van der Waals surface area contributed by atoms with E-state index in [1.54, 1.807) is 30.3 Å². The first-order valence-electron chi connectivity index (χ1n) is 8.07. The number of hydrogen-bond acceptors (Lipinski definition) is 4. The number of aliphatic carboxylic acids is 1. The number of rotatable bonds is 8. The van der Waals surface area contributed by atoms with E-state index in [9.17, 15) is 9.59 Å². The fourth-order valence-electron chi connectivity index (χ4n) is 2.28. The number of nitrogens with one attached hydrogen (secondary N) is 1. The average Bonchev–Trinajstić information content (AvgIpc) is 2.61. The Bertz CT molecular complexity index is 789. The second-order valence-corrected chi connectivity index (χ2v) is 5.97. The molecule has 0 radical (unpaired) electrons. The number of carbonyl (C=O) groups excluding carboxylic acids is 1. The summed E-state index contributed by atoms with van der Waals surface area (Å²) < 4.78 is 10.8. The second kappa shape index (κ2) is 9.10. The van der Waals surface area contributed by atoms with Crippen LogP contribution in [0.1, 0.15) is 29.3 Å². The molecule has 138 valence electrons. The van der Waals surface area contributed by atoms with E-state index >= 15 is 0 Å². The molecule has 26 heavy (non-hydrogen) atoms. The maximum atomic E-state index is 12.5. The fraction of sp³-hybridized carbons (Fsp3) is 0.263. The highest BCUT2D eigenvalue weighted by Gasteiger charge is 2.16. The van der Waals surface area contributed by atoms with Crippen molar-refractivity contribution in [1.82, 2.24) is 0 Å². The lowest BCUT2D eigenvalue weighted by Gasteiger charge is -2.14. The summed E-state index contributed by atoms with van der Waals surface area (Å²) in [6, 6.07) is 9.67. The molecule has 7 heteroatoms. The Hall–Kier alpha value is -2.73. The van der Waals surface area contributed by atoms with Crippen LogP contribution in [0, 0.1) is 0 Å². The number of carboxylic acids is 1. The van der Waals surface area contributed by atoms with E-state index in [2.05, 4.69) is 5.32 Å². The third-order valence-corrected chi connectivity index (χ3v) is 3.79. The Balaban J connectivity index is 2.16. The molecule has 2 rings (SSSR count). The number of benzene rings is 2. The number of hydrogen-bond donors (Lipinski definition) is 2. The molecule has 1 amide bonds. The van der Waals surface area contributed by atoms with Gasteiger partial charge in [0.1, 0.15) is 0 Å². The third-order valence-electron chi connectivity index (χ3n) is 3.51. The van der Waals surface area contributed by atoms with Crippen LogP contribution in [0.15, 0.2) is 36.4 Å². The molecule has 0 unspecified atom stereocenters. The summed E-state index contributed by atoms with van der Waals surface area (Å²) in [5.41, 5.74) is 1.52. The fourth-order valence-corrected chi connectivity index (χ4v) is 2.54. The molecule has 0 bridgehead atoms. The van der Waals surface area contributed by atoms with Crippen LogP contribution in [-0.4, -0.2) is 30.7 Å². The van der Waals surface area contributed by atoms with Crippen LogP contribution in [-0.2, 0) is 11.2 Å². The summed E-state index contributed by atoms with van der Waals surface area (Å²) >= 11 is 6.22. The average molecular weight is 378 g/mol. The predicted octanol–water partition coefficient (Wildman–Crippen LogP) is 4.02. The Labute approximate surface area is 156 Å². The topological polar surface area (TPSA) is 84.9 Å². The Kier molecular flexibility index (Phi) is 6.86. The van der Waals surface area contributed by atoms with Crippen LogP contribution in [0.2, 0.25) is 5.02 Å². The predicted molar refractivity (Wildman–Crippen MR) is 99.5 cm³/mol. The number of ether oxygens (including phenoxy) is 2. The van der Waals surface area contributed by atoms with Crippen LogP contribution in [0.25, 0.3) is 0 Å². The quantitative estimate of drug-likeness (QED) is 0.725. The molecule has 0 aromatic heterocycles. The van der Waals surface area contributed by atoms with Crippen LogP contribution in [0.3, 0.4) is 0 Å². The van der Waals surface area contributed by atoms with E-state index in [1.807, 2.05) is 6.92 Å². The smallest absolute Gasteiger partial charge is 0.307 e. The summed E-state index contributed by atoms with van der Waals surface area (Å²) in [5.74, 6) is -0.481. The SMILES string of the molecule is CCCOc1c(Cl)cc(C(=O)Nc2ccc(CC(=O)O)cc2)cc1OC. The number of carbonyl (C=O) groups is 2. The molecule has 6 nitrogen and oxygen atoms in total. The molecule has 0 atom stereocenters. The van der Waals surface area contributed by atoms with Crippen molar-refractivity contribution < 1.29 is 24.2 Å².